The van der Waals surface area contributed by atoms with Gasteiger partial charge in [-0.1, -0.05) is 54.5 Å². The second kappa shape index (κ2) is 7.21. The molecule has 1 unspecified atom stereocenters. The van der Waals surface area contributed by atoms with Gasteiger partial charge in [-0.3, -0.25) is 9.59 Å². The Hall–Kier alpha value is -1.96. The summed E-state index contributed by atoms with van der Waals surface area (Å²) in [5.74, 6) is 0.670. The monoisotopic (exact) mass is 518 g/mol. The lowest BCUT2D eigenvalue weighted by atomic mass is 9.30. The zero-order chi connectivity index (χ0) is 27.9. The first kappa shape index (κ1) is 26.3. The first-order chi connectivity index (χ1) is 17.5. The molecule has 5 heteroatoms. The molecule has 6 rings (SSSR count). The zero-order valence-electron chi connectivity index (χ0n) is 24.8. The smallest absolute Gasteiger partial charge is 0.230 e. The van der Waals surface area contributed by atoms with Gasteiger partial charge in [-0.2, -0.15) is 0 Å². The molecule has 38 heavy (non-hydrogen) atoms. The molecule has 206 valence electrons. The number of carbonyl (C=O) groups is 3. The lowest BCUT2D eigenvalue weighted by molar-refractivity contribution is -0.233. The Morgan fingerprint density at radius 2 is 1.58 bits per heavy atom. The predicted molar refractivity (Wildman–Crippen MR) is 147 cm³/mol. The second-order valence-electron chi connectivity index (χ2n) is 16.0. The summed E-state index contributed by atoms with van der Waals surface area (Å²) < 4.78 is 0. The molecule has 0 N–H and O–H groups in total. The fourth-order valence-electron chi connectivity index (χ4n) is 12.1. The maximum Gasteiger partial charge on any atom is 0.230 e. The lowest BCUT2D eigenvalue weighted by Gasteiger charge is -2.73. The standard InChI is InChI=1S/C33H46N2O3/c1-10-35-26(38)32-15-13-27(2,3)19-23(32)33(35)24(36)17-22-29(6)18-20(34-9)25(37)28(4,5)21(29)11-12-30(22,7)31(33,8)14-16-32/h18,21-23H,10-17,19H2,1-8H3/t21-,22+,23?,29-,30+,31-,32-,33+/m0/s1. The molecule has 1 aliphatic heterocycles. The van der Waals surface area contributed by atoms with Crippen molar-refractivity contribution in [1.29, 1.82) is 0 Å². The van der Waals surface area contributed by atoms with Crippen molar-refractivity contribution in [2.75, 3.05) is 6.54 Å². The first-order valence-corrected chi connectivity index (χ1v) is 15.0. The minimum atomic E-state index is -0.754. The van der Waals surface area contributed by atoms with Crippen molar-refractivity contribution < 1.29 is 14.4 Å². The third kappa shape index (κ3) is 2.49. The van der Waals surface area contributed by atoms with E-state index in [2.05, 4.69) is 51.3 Å². The van der Waals surface area contributed by atoms with E-state index < -0.39 is 16.4 Å². The zero-order valence-corrected chi connectivity index (χ0v) is 24.8. The summed E-state index contributed by atoms with van der Waals surface area (Å²) in [5, 5.41) is 0. The Labute approximate surface area is 229 Å². The van der Waals surface area contributed by atoms with Gasteiger partial charge < -0.3 is 9.69 Å². The van der Waals surface area contributed by atoms with Crippen molar-refractivity contribution in [3.8, 4) is 0 Å². The van der Waals surface area contributed by atoms with Crippen LogP contribution in [0.15, 0.2) is 11.8 Å². The molecule has 8 atom stereocenters. The number of rotatable bonds is 1. The van der Waals surface area contributed by atoms with E-state index in [4.69, 9.17) is 6.57 Å². The first-order valence-electron chi connectivity index (χ1n) is 15.0. The molecule has 0 aromatic rings. The molecule has 5 fully saturated rings. The summed E-state index contributed by atoms with van der Waals surface area (Å²) in [4.78, 5) is 48.5. The van der Waals surface area contributed by atoms with E-state index in [-0.39, 0.29) is 62.6 Å². The molecule has 1 saturated heterocycles. The van der Waals surface area contributed by atoms with Crippen LogP contribution in [0.3, 0.4) is 0 Å². The molecule has 5 nitrogen and oxygen atoms in total. The number of carbonyl (C=O) groups excluding carboxylic acids is 3. The minimum absolute atomic E-state index is 0.0412. The third-order valence-corrected chi connectivity index (χ3v) is 14.1. The molecule has 1 heterocycles. The van der Waals surface area contributed by atoms with Gasteiger partial charge in [-0.05, 0) is 80.0 Å². The van der Waals surface area contributed by atoms with Gasteiger partial charge in [0.05, 0.1) is 12.0 Å². The van der Waals surface area contributed by atoms with Crippen molar-refractivity contribution in [3.63, 3.8) is 0 Å². The van der Waals surface area contributed by atoms with Gasteiger partial charge in [-0.15, -0.1) is 0 Å². The van der Waals surface area contributed by atoms with Crippen LogP contribution < -0.4 is 0 Å². The topological polar surface area (TPSA) is 58.8 Å². The summed E-state index contributed by atoms with van der Waals surface area (Å²) in [6.45, 7) is 26.2. The van der Waals surface area contributed by atoms with Crippen LogP contribution in [0, 0.1) is 56.8 Å². The van der Waals surface area contributed by atoms with Crippen LogP contribution in [0.25, 0.3) is 4.85 Å². The van der Waals surface area contributed by atoms with Crippen molar-refractivity contribution >= 4 is 17.5 Å². The van der Waals surface area contributed by atoms with Crippen LogP contribution in [0.5, 0.6) is 0 Å². The Morgan fingerprint density at radius 1 is 0.921 bits per heavy atom. The highest BCUT2D eigenvalue weighted by Gasteiger charge is 2.83. The van der Waals surface area contributed by atoms with E-state index in [1.165, 1.54) is 0 Å². The number of hydrogen-bond donors (Lipinski definition) is 0. The quantitative estimate of drug-likeness (QED) is 0.366. The van der Waals surface area contributed by atoms with E-state index in [9.17, 15) is 9.59 Å². The number of likely N-dealkylation sites (tertiary alicyclic amines) is 1. The van der Waals surface area contributed by atoms with Crippen LogP contribution in [-0.2, 0) is 14.4 Å². The van der Waals surface area contributed by atoms with Gasteiger partial charge in [0.25, 0.3) is 0 Å². The molecule has 2 bridgehead atoms. The summed E-state index contributed by atoms with van der Waals surface area (Å²) in [6.07, 6.45) is 8.92. The van der Waals surface area contributed by atoms with Gasteiger partial charge in [0.2, 0.25) is 11.6 Å². The Bertz CT molecular complexity index is 1240. The average molecular weight is 519 g/mol. The summed E-state index contributed by atoms with van der Waals surface area (Å²) in [7, 11) is 0. The summed E-state index contributed by atoms with van der Waals surface area (Å²) in [6, 6.07) is 0. The van der Waals surface area contributed by atoms with Crippen LogP contribution in [-0.4, -0.2) is 34.5 Å². The molecular weight excluding hydrogens is 472 g/mol. The number of Topliss-reactive ketones (excluding diaryl/α,β-unsaturated/α-hetero) is 2. The van der Waals surface area contributed by atoms with Crippen molar-refractivity contribution in [3.05, 3.63) is 23.2 Å². The molecule has 1 spiro atoms. The average Bonchev–Trinajstić information content (AvgIpc) is 3.00. The van der Waals surface area contributed by atoms with Gasteiger partial charge in [-0.25, -0.2) is 4.85 Å². The van der Waals surface area contributed by atoms with E-state index in [1.807, 2.05) is 19.9 Å². The Morgan fingerprint density at radius 3 is 2.21 bits per heavy atom. The predicted octanol–water partition coefficient (Wildman–Crippen LogP) is 6.62. The number of ketones is 2. The largest absolute Gasteiger partial charge is 0.329 e. The highest BCUT2D eigenvalue weighted by molar-refractivity contribution is 6.03. The summed E-state index contributed by atoms with van der Waals surface area (Å²) >= 11 is 0. The minimum Gasteiger partial charge on any atom is -0.329 e. The number of nitrogens with zero attached hydrogens (tertiary/aromatic N) is 2. The van der Waals surface area contributed by atoms with Crippen molar-refractivity contribution in [2.24, 2.45) is 50.2 Å². The van der Waals surface area contributed by atoms with Crippen LogP contribution in [0.1, 0.15) is 107 Å². The molecule has 6 aliphatic rings. The lowest BCUT2D eigenvalue weighted by Crippen LogP contribution is -2.77. The van der Waals surface area contributed by atoms with Gasteiger partial charge >= 0.3 is 0 Å². The molecule has 5 aliphatic carbocycles. The van der Waals surface area contributed by atoms with Crippen LogP contribution >= 0.6 is 0 Å². The number of likely N-dealkylation sites (N-methyl/N-ethyl adjacent to an activating group) is 1. The number of hydrogen-bond acceptors (Lipinski definition) is 3. The molecular formula is C33H46N2O3. The normalized spacial score (nSPS) is 50.3. The highest BCUT2D eigenvalue weighted by Crippen LogP contribution is 2.80. The van der Waals surface area contributed by atoms with Gasteiger partial charge in [0, 0.05) is 29.7 Å². The Balaban J connectivity index is 1.58. The van der Waals surface area contributed by atoms with E-state index >= 15 is 4.79 Å². The van der Waals surface area contributed by atoms with Crippen LogP contribution in [0.2, 0.25) is 0 Å². The van der Waals surface area contributed by atoms with Crippen LogP contribution in [0.4, 0.5) is 0 Å². The summed E-state index contributed by atoms with van der Waals surface area (Å²) in [5.41, 5.74) is -2.35. The molecule has 1 amide bonds. The van der Waals surface area contributed by atoms with E-state index in [0.717, 1.165) is 44.9 Å². The molecule has 0 aromatic heterocycles. The molecule has 0 aromatic carbocycles. The third-order valence-electron chi connectivity index (χ3n) is 14.1. The maximum atomic E-state index is 15.0. The Kier molecular flexibility index (Phi) is 4.99. The number of fused-ring (bicyclic) bond motifs is 4. The molecule has 0 radical (unpaired) electrons. The van der Waals surface area contributed by atoms with Gasteiger partial charge in [0.1, 0.15) is 5.54 Å². The second-order valence-corrected chi connectivity index (χ2v) is 16.0. The SMILES string of the molecule is [C-]#[N+]C1=C[C@]2(C)[C@H]3CC(=O)[C@]45C6CC(C)(C)CC[C@@]6(CC[C@@]4(C)[C@]3(C)CC[C@H]2C(C)(C)C1=O)C(=O)N5CC. The molecule has 4 saturated carbocycles. The van der Waals surface area contributed by atoms with Crippen molar-refractivity contribution in [2.45, 2.75) is 112 Å². The maximum absolute atomic E-state index is 15.0. The van der Waals surface area contributed by atoms with E-state index in [0.29, 0.717) is 13.0 Å². The fourth-order valence-corrected chi connectivity index (χ4v) is 12.1. The van der Waals surface area contributed by atoms with Gasteiger partial charge in [0.15, 0.2) is 11.6 Å². The fraction of sp³-hybridized carbons (Fsp3) is 0.818. The number of allylic oxidation sites excluding steroid dienone is 2. The van der Waals surface area contributed by atoms with Crippen molar-refractivity contribution in [1.82, 2.24) is 4.90 Å². The van der Waals surface area contributed by atoms with E-state index in [1.54, 1.807) is 0 Å². The number of amides is 1. The highest BCUT2D eigenvalue weighted by atomic mass is 16.2.